The molecule has 0 aromatic heterocycles. The number of sulfone groups is 1. The lowest BCUT2D eigenvalue weighted by atomic mass is 10.1. The summed E-state index contributed by atoms with van der Waals surface area (Å²) in [5.74, 6) is 2.35. The van der Waals surface area contributed by atoms with E-state index >= 15 is 0 Å². The van der Waals surface area contributed by atoms with Gasteiger partial charge in [-0.15, -0.1) is 6.58 Å². The van der Waals surface area contributed by atoms with Gasteiger partial charge in [0.2, 0.25) is 5.91 Å². The zero-order valence-electron chi connectivity index (χ0n) is 11.6. The Hall–Kier alpha value is -0.530. The smallest absolute Gasteiger partial charge is 0.224 e. The highest BCUT2D eigenvalue weighted by Gasteiger charge is 2.34. The minimum atomic E-state index is -2.97. The summed E-state index contributed by atoms with van der Waals surface area (Å²) < 4.78 is 23.2. The molecule has 20 heavy (non-hydrogen) atoms. The van der Waals surface area contributed by atoms with Crippen molar-refractivity contribution in [2.24, 2.45) is 0 Å². The molecule has 1 amide bonds. The van der Waals surface area contributed by atoms with Gasteiger partial charge < -0.3 is 10.2 Å². The van der Waals surface area contributed by atoms with Crippen LogP contribution in [0.4, 0.5) is 0 Å². The van der Waals surface area contributed by atoms with Gasteiger partial charge in [0.25, 0.3) is 0 Å². The first-order valence-corrected chi connectivity index (χ1v) is 9.91. The highest BCUT2D eigenvalue weighted by molar-refractivity contribution is 7.99. The van der Waals surface area contributed by atoms with Crippen LogP contribution < -0.4 is 5.32 Å². The standard InChI is InChI=1S/C13H22N2O3S2/c1-2-5-15(12-3-7-20(17,18)10-12)13(16)8-11-9-19-6-4-14-11/h2,11-12,14H,1,3-10H2. The third kappa shape index (κ3) is 4.23. The van der Waals surface area contributed by atoms with Gasteiger partial charge in [0.15, 0.2) is 9.84 Å². The first-order valence-electron chi connectivity index (χ1n) is 6.94. The Balaban J connectivity index is 1.96. The normalized spacial score (nSPS) is 29.0. The number of carbonyl (C=O) groups excluding carboxylic acids is 1. The molecule has 0 radical (unpaired) electrons. The summed E-state index contributed by atoms with van der Waals surface area (Å²) in [7, 11) is -2.97. The summed E-state index contributed by atoms with van der Waals surface area (Å²) in [6.07, 6.45) is 2.66. The molecule has 5 nitrogen and oxygen atoms in total. The third-order valence-electron chi connectivity index (χ3n) is 3.71. The zero-order chi connectivity index (χ0) is 14.6. The van der Waals surface area contributed by atoms with Crippen LogP contribution in [0, 0.1) is 0 Å². The predicted molar refractivity (Wildman–Crippen MR) is 82.7 cm³/mol. The molecular weight excluding hydrogens is 296 g/mol. The Morgan fingerprint density at radius 3 is 2.85 bits per heavy atom. The maximum absolute atomic E-state index is 12.4. The van der Waals surface area contributed by atoms with E-state index in [0.29, 0.717) is 19.4 Å². The van der Waals surface area contributed by atoms with Crippen LogP contribution in [0.15, 0.2) is 12.7 Å². The molecule has 7 heteroatoms. The van der Waals surface area contributed by atoms with Gasteiger partial charge in [0.05, 0.1) is 11.5 Å². The number of hydrogen-bond acceptors (Lipinski definition) is 5. The molecule has 2 rings (SSSR count). The molecular formula is C13H22N2O3S2. The Morgan fingerprint density at radius 2 is 2.30 bits per heavy atom. The lowest BCUT2D eigenvalue weighted by Crippen LogP contribution is -2.46. The molecule has 0 aromatic carbocycles. The number of hydrogen-bond donors (Lipinski definition) is 1. The summed E-state index contributed by atoms with van der Waals surface area (Å²) in [6, 6.07) is 0.0216. The van der Waals surface area contributed by atoms with Crippen LogP contribution in [-0.2, 0) is 14.6 Å². The van der Waals surface area contributed by atoms with Gasteiger partial charge in [-0.1, -0.05) is 6.08 Å². The van der Waals surface area contributed by atoms with E-state index in [1.165, 1.54) is 0 Å². The monoisotopic (exact) mass is 318 g/mol. The van der Waals surface area contributed by atoms with Crippen molar-refractivity contribution in [3.8, 4) is 0 Å². The molecule has 114 valence electrons. The second kappa shape index (κ2) is 6.95. The molecule has 1 N–H and O–H groups in total. The summed E-state index contributed by atoms with van der Waals surface area (Å²) in [6.45, 7) is 5.04. The average Bonchev–Trinajstić information content (AvgIpc) is 2.77. The quantitative estimate of drug-likeness (QED) is 0.738. The van der Waals surface area contributed by atoms with Crippen molar-refractivity contribution in [2.75, 3.05) is 36.1 Å². The Morgan fingerprint density at radius 1 is 1.50 bits per heavy atom. The van der Waals surface area contributed by atoms with Crippen molar-refractivity contribution in [3.63, 3.8) is 0 Å². The molecule has 2 aliphatic heterocycles. The minimum Gasteiger partial charge on any atom is -0.335 e. The van der Waals surface area contributed by atoms with Crippen LogP contribution >= 0.6 is 11.8 Å². The van der Waals surface area contributed by atoms with Crippen LogP contribution in [-0.4, -0.2) is 67.4 Å². The predicted octanol–water partition coefficient (Wildman–Crippen LogP) is 0.283. The number of thioether (sulfide) groups is 1. The van der Waals surface area contributed by atoms with Crippen molar-refractivity contribution in [1.82, 2.24) is 10.2 Å². The summed E-state index contributed by atoms with van der Waals surface area (Å²) >= 11 is 1.85. The molecule has 0 aliphatic carbocycles. The Bertz CT molecular complexity index is 458. The molecule has 2 saturated heterocycles. The van der Waals surface area contributed by atoms with Gasteiger partial charge in [-0.25, -0.2) is 8.42 Å². The molecule has 2 fully saturated rings. The van der Waals surface area contributed by atoms with E-state index in [2.05, 4.69) is 11.9 Å². The second-order valence-electron chi connectivity index (χ2n) is 5.32. The third-order valence-corrected chi connectivity index (χ3v) is 6.60. The van der Waals surface area contributed by atoms with Crippen LogP contribution in [0.1, 0.15) is 12.8 Å². The van der Waals surface area contributed by atoms with Gasteiger partial charge in [0.1, 0.15) is 0 Å². The van der Waals surface area contributed by atoms with Crippen molar-refractivity contribution in [2.45, 2.75) is 24.9 Å². The Labute approximate surface area is 125 Å². The largest absolute Gasteiger partial charge is 0.335 e. The first-order chi connectivity index (χ1) is 9.52. The van der Waals surface area contributed by atoms with E-state index in [1.54, 1.807) is 11.0 Å². The Kier molecular flexibility index (Phi) is 5.51. The maximum Gasteiger partial charge on any atom is 0.224 e. The van der Waals surface area contributed by atoms with Crippen molar-refractivity contribution >= 4 is 27.5 Å². The number of amides is 1. The summed E-state index contributed by atoms with van der Waals surface area (Å²) in [5.41, 5.74) is 0. The number of nitrogens with zero attached hydrogens (tertiary/aromatic N) is 1. The highest BCUT2D eigenvalue weighted by Crippen LogP contribution is 2.20. The van der Waals surface area contributed by atoms with Gasteiger partial charge >= 0.3 is 0 Å². The minimum absolute atomic E-state index is 0.0343. The van der Waals surface area contributed by atoms with Crippen molar-refractivity contribution < 1.29 is 13.2 Å². The topological polar surface area (TPSA) is 66.5 Å². The molecule has 2 unspecified atom stereocenters. The van der Waals surface area contributed by atoms with Gasteiger partial charge in [0, 0.05) is 43.1 Å². The number of carbonyl (C=O) groups is 1. The molecule has 0 saturated carbocycles. The molecule has 0 spiro atoms. The van der Waals surface area contributed by atoms with Crippen LogP contribution in [0.2, 0.25) is 0 Å². The van der Waals surface area contributed by atoms with Crippen molar-refractivity contribution in [1.29, 1.82) is 0 Å². The zero-order valence-corrected chi connectivity index (χ0v) is 13.2. The lowest BCUT2D eigenvalue weighted by molar-refractivity contribution is -0.132. The van der Waals surface area contributed by atoms with E-state index in [4.69, 9.17) is 0 Å². The summed E-state index contributed by atoms with van der Waals surface area (Å²) in [5, 5.41) is 3.34. The van der Waals surface area contributed by atoms with Crippen LogP contribution in [0.3, 0.4) is 0 Å². The van der Waals surface area contributed by atoms with E-state index in [1.807, 2.05) is 11.8 Å². The van der Waals surface area contributed by atoms with Gasteiger partial charge in [-0.3, -0.25) is 4.79 Å². The SMILES string of the molecule is C=CCN(C(=O)CC1CSCCN1)C1CCS(=O)(=O)C1. The van der Waals surface area contributed by atoms with Crippen molar-refractivity contribution in [3.05, 3.63) is 12.7 Å². The van der Waals surface area contributed by atoms with Gasteiger partial charge in [-0.05, 0) is 6.42 Å². The molecule has 2 atom stereocenters. The maximum atomic E-state index is 12.4. The van der Waals surface area contributed by atoms with E-state index in [-0.39, 0.29) is 29.5 Å². The fourth-order valence-electron chi connectivity index (χ4n) is 2.69. The first kappa shape index (κ1) is 15.9. The molecule has 0 aromatic rings. The van der Waals surface area contributed by atoms with Gasteiger partial charge in [-0.2, -0.15) is 11.8 Å². The number of nitrogens with one attached hydrogen (secondary N) is 1. The molecule has 2 aliphatic rings. The summed E-state index contributed by atoms with van der Waals surface area (Å²) in [4.78, 5) is 14.1. The fraction of sp³-hybridized carbons (Fsp3) is 0.769. The van der Waals surface area contributed by atoms with E-state index < -0.39 is 9.84 Å². The van der Waals surface area contributed by atoms with E-state index in [9.17, 15) is 13.2 Å². The van der Waals surface area contributed by atoms with Crippen LogP contribution in [0.25, 0.3) is 0 Å². The lowest BCUT2D eigenvalue weighted by Gasteiger charge is -2.30. The van der Waals surface area contributed by atoms with Crippen LogP contribution in [0.5, 0.6) is 0 Å². The highest BCUT2D eigenvalue weighted by atomic mass is 32.2. The molecule has 2 heterocycles. The number of rotatable bonds is 5. The second-order valence-corrected chi connectivity index (χ2v) is 8.70. The van der Waals surface area contributed by atoms with E-state index in [0.717, 1.165) is 18.1 Å². The fourth-order valence-corrected chi connectivity index (χ4v) is 5.37. The average molecular weight is 318 g/mol. The molecule has 0 bridgehead atoms.